The van der Waals surface area contributed by atoms with Gasteiger partial charge < -0.3 is 5.32 Å². The van der Waals surface area contributed by atoms with E-state index in [1.807, 2.05) is 29.6 Å². The summed E-state index contributed by atoms with van der Waals surface area (Å²) in [5.41, 5.74) is 0.725. The van der Waals surface area contributed by atoms with Crippen molar-refractivity contribution in [3.63, 3.8) is 0 Å². The minimum Gasteiger partial charge on any atom is -0.352 e. The van der Waals surface area contributed by atoms with Crippen LogP contribution in [0.5, 0.6) is 0 Å². The molecule has 1 aromatic carbocycles. The lowest BCUT2D eigenvalue weighted by Crippen LogP contribution is -2.23. The molecule has 0 unspecified atom stereocenters. The summed E-state index contributed by atoms with van der Waals surface area (Å²) in [5.74, 6) is -0.0552. The van der Waals surface area contributed by atoms with E-state index in [0.29, 0.717) is 19.4 Å². The van der Waals surface area contributed by atoms with Crippen molar-refractivity contribution in [3.05, 3.63) is 35.2 Å². The van der Waals surface area contributed by atoms with Gasteiger partial charge in [-0.2, -0.15) is 5.26 Å². The van der Waals surface area contributed by atoms with Crippen LogP contribution in [0.3, 0.4) is 0 Å². The summed E-state index contributed by atoms with van der Waals surface area (Å²) >= 11 is 1.57. The number of nitrogens with one attached hydrogen (secondary N) is 1. The highest BCUT2D eigenvalue weighted by molar-refractivity contribution is 7.17. The van der Waals surface area contributed by atoms with E-state index in [1.54, 1.807) is 11.3 Å². The number of unbranched alkanes of at least 4 members (excludes halogenated alkanes) is 1. The fraction of sp³-hybridized carbons (Fsp3) is 0.231. The maximum Gasteiger partial charge on any atom is 0.252 e. The standard InChI is InChI=1S/C13H12N2OS/c14-7-3-4-8-15-13(16)11-9-17-12-6-2-1-5-10(11)12/h1-2,5-6,9H,3-4,8H2,(H,15,16). The van der Waals surface area contributed by atoms with E-state index in [2.05, 4.69) is 11.4 Å². The van der Waals surface area contributed by atoms with Crippen LogP contribution in [-0.2, 0) is 0 Å². The number of nitriles is 1. The van der Waals surface area contributed by atoms with Crippen LogP contribution in [0.15, 0.2) is 29.6 Å². The third kappa shape index (κ3) is 2.63. The molecule has 2 aromatic rings. The van der Waals surface area contributed by atoms with Crippen LogP contribution in [0, 0.1) is 11.3 Å². The van der Waals surface area contributed by atoms with Crippen molar-refractivity contribution in [2.45, 2.75) is 12.8 Å². The number of hydrogen-bond donors (Lipinski definition) is 1. The number of carbonyl (C=O) groups excluding carboxylic acids is 1. The SMILES string of the molecule is N#CCCCNC(=O)c1csc2ccccc12. The molecule has 0 radical (unpaired) electrons. The van der Waals surface area contributed by atoms with Crippen LogP contribution >= 0.6 is 11.3 Å². The van der Waals surface area contributed by atoms with Gasteiger partial charge in [0.2, 0.25) is 0 Å². The molecule has 0 aliphatic heterocycles. The van der Waals surface area contributed by atoms with Crippen molar-refractivity contribution >= 4 is 27.3 Å². The van der Waals surface area contributed by atoms with Crippen molar-refractivity contribution in [2.24, 2.45) is 0 Å². The van der Waals surface area contributed by atoms with Crippen LogP contribution in [0.25, 0.3) is 10.1 Å². The minimum atomic E-state index is -0.0552. The number of thiophene rings is 1. The van der Waals surface area contributed by atoms with Gasteiger partial charge in [0.1, 0.15) is 0 Å². The summed E-state index contributed by atoms with van der Waals surface area (Å²) in [5, 5.41) is 14.1. The first-order valence-electron chi connectivity index (χ1n) is 5.44. The van der Waals surface area contributed by atoms with E-state index in [-0.39, 0.29) is 5.91 Å². The molecule has 2 rings (SSSR count). The number of hydrogen-bond acceptors (Lipinski definition) is 3. The molecule has 1 aromatic heterocycles. The molecule has 17 heavy (non-hydrogen) atoms. The smallest absolute Gasteiger partial charge is 0.252 e. The van der Waals surface area contributed by atoms with E-state index in [1.165, 1.54) is 0 Å². The maximum atomic E-state index is 11.9. The fourth-order valence-corrected chi connectivity index (χ4v) is 2.56. The second-order valence-corrected chi connectivity index (χ2v) is 4.57. The minimum absolute atomic E-state index is 0.0552. The number of fused-ring (bicyclic) bond motifs is 1. The van der Waals surface area contributed by atoms with Crippen LogP contribution in [0.4, 0.5) is 0 Å². The first-order valence-corrected chi connectivity index (χ1v) is 6.32. The second kappa shape index (κ2) is 5.46. The molecule has 86 valence electrons. The molecule has 1 amide bonds. The van der Waals surface area contributed by atoms with Gasteiger partial charge in [0.05, 0.1) is 11.6 Å². The van der Waals surface area contributed by atoms with Crippen molar-refractivity contribution in [3.8, 4) is 6.07 Å². The molecule has 1 N–H and O–H groups in total. The Balaban J connectivity index is 2.07. The molecule has 3 nitrogen and oxygen atoms in total. The highest BCUT2D eigenvalue weighted by Gasteiger charge is 2.10. The molecule has 0 bridgehead atoms. The van der Waals surface area contributed by atoms with Gasteiger partial charge in [0.15, 0.2) is 0 Å². The van der Waals surface area contributed by atoms with Crippen molar-refractivity contribution < 1.29 is 4.79 Å². The fourth-order valence-electron chi connectivity index (χ4n) is 1.62. The molecule has 0 fully saturated rings. The third-order valence-corrected chi connectivity index (χ3v) is 3.44. The zero-order valence-corrected chi connectivity index (χ0v) is 10.1. The lowest BCUT2D eigenvalue weighted by molar-refractivity contribution is 0.0955. The lowest BCUT2D eigenvalue weighted by Gasteiger charge is -2.02. The summed E-state index contributed by atoms with van der Waals surface area (Å²) in [7, 11) is 0. The molecular weight excluding hydrogens is 232 g/mol. The van der Waals surface area contributed by atoms with E-state index in [0.717, 1.165) is 15.6 Å². The zero-order chi connectivity index (χ0) is 12.1. The van der Waals surface area contributed by atoms with Gasteiger partial charge in [-0.15, -0.1) is 11.3 Å². The summed E-state index contributed by atoms with van der Waals surface area (Å²) in [6, 6.07) is 9.92. The molecule has 1 heterocycles. The van der Waals surface area contributed by atoms with Crippen LogP contribution in [0.2, 0.25) is 0 Å². The highest BCUT2D eigenvalue weighted by atomic mass is 32.1. The lowest BCUT2D eigenvalue weighted by atomic mass is 10.1. The molecule has 0 aliphatic rings. The molecular formula is C13H12N2OS. The molecule has 0 atom stereocenters. The van der Waals surface area contributed by atoms with E-state index < -0.39 is 0 Å². The maximum absolute atomic E-state index is 11.9. The Morgan fingerprint density at radius 2 is 2.24 bits per heavy atom. The second-order valence-electron chi connectivity index (χ2n) is 3.66. The molecule has 4 heteroatoms. The number of carbonyl (C=O) groups is 1. The Morgan fingerprint density at radius 1 is 1.41 bits per heavy atom. The Morgan fingerprint density at radius 3 is 3.06 bits per heavy atom. The predicted molar refractivity (Wildman–Crippen MR) is 69.0 cm³/mol. The van der Waals surface area contributed by atoms with E-state index >= 15 is 0 Å². The van der Waals surface area contributed by atoms with Gasteiger partial charge in [0.25, 0.3) is 5.91 Å². The van der Waals surface area contributed by atoms with Crippen molar-refractivity contribution in [1.29, 1.82) is 5.26 Å². The van der Waals surface area contributed by atoms with Gasteiger partial charge in [0, 0.05) is 28.4 Å². The van der Waals surface area contributed by atoms with E-state index in [9.17, 15) is 4.79 Å². The zero-order valence-electron chi connectivity index (χ0n) is 9.27. The Labute approximate surface area is 104 Å². The highest BCUT2D eigenvalue weighted by Crippen LogP contribution is 2.25. The molecule has 0 saturated heterocycles. The number of nitrogens with zero attached hydrogens (tertiary/aromatic N) is 1. The normalized spacial score (nSPS) is 10.1. The van der Waals surface area contributed by atoms with Crippen molar-refractivity contribution in [2.75, 3.05) is 6.54 Å². The Bertz CT molecular complexity index is 568. The molecule has 0 saturated carbocycles. The Hall–Kier alpha value is -1.86. The summed E-state index contributed by atoms with van der Waals surface area (Å²) in [6.45, 7) is 0.552. The monoisotopic (exact) mass is 244 g/mol. The first kappa shape index (κ1) is 11.6. The molecule has 0 spiro atoms. The van der Waals surface area contributed by atoms with Gasteiger partial charge in [-0.3, -0.25) is 4.79 Å². The van der Waals surface area contributed by atoms with Gasteiger partial charge in [-0.05, 0) is 12.5 Å². The van der Waals surface area contributed by atoms with Gasteiger partial charge >= 0.3 is 0 Å². The summed E-state index contributed by atoms with van der Waals surface area (Å²) in [4.78, 5) is 11.9. The van der Waals surface area contributed by atoms with E-state index in [4.69, 9.17) is 5.26 Å². The van der Waals surface area contributed by atoms with Crippen LogP contribution in [0.1, 0.15) is 23.2 Å². The first-order chi connectivity index (χ1) is 8.33. The number of benzene rings is 1. The third-order valence-electron chi connectivity index (χ3n) is 2.48. The molecule has 0 aliphatic carbocycles. The summed E-state index contributed by atoms with van der Waals surface area (Å²) < 4.78 is 1.12. The summed E-state index contributed by atoms with van der Waals surface area (Å²) in [6.07, 6.45) is 1.18. The predicted octanol–water partition coefficient (Wildman–Crippen LogP) is 2.93. The number of rotatable bonds is 4. The Kier molecular flexibility index (Phi) is 3.73. The quantitative estimate of drug-likeness (QED) is 0.841. The van der Waals surface area contributed by atoms with Crippen LogP contribution in [-0.4, -0.2) is 12.5 Å². The van der Waals surface area contributed by atoms with Crippen molar-refractivity contribution in [1.82, 2.24) is 5.32 Å². The largest absolute Gasteiger partial charge is 0.352 e. The average molecular weight is 244 g/mol. The van der Waals surface area contributed by atoms with Crippen LogP contribution < -0.4 is 5.32 Å². The van der Waals surface area contributed by atoms with Gasteiger partial charge in [-0.25, -0.2) is 0 Å². The van der Waals surface area contributed by atoms with Gasteiger partial charge in [-0.1, -0.05) is 18.2 Å². The number of amides is 1. The topological polar surface area (TPSA) is 52.9 Å². The average Bonchev–Trinajstić information content (AvgIpc) is 2.78.